The molecule has 31 heavy (non-hydrogen) atoms. The molecule has 0 aliphatic carbocycles. The Balaban J connectivity index is 2.18. The van der Waals surface area contributed by atoms with Gasteiger partial charge in [0.05, 0.1) is 30.9 Å². The molecule has 1 amide bonds. The number of aliphatic hydroxyl groups excluding tert-OH is 1. The van der Waals surface area contributed by atoms with Crippen LogP contribution >= 0.6 is 11.6 Å². The van der Waals surface area contributed by atoms with Crippen LogP contribution in [0.2, 0.25) is 5.02 Å². The maximum absolute atomic E-state index is 13.0. The van der Waals surface area contributed by atoms with Crippen molar-refractivity contribution in [2.45, 2.75) is 6.04 Å². The van der Waals surface area contributed by atoms with Crippen molar-refractivity contribution in [1.82, 2.24) is 9.80 Å². The van der Waals surface area contributed by atoms with Gasteiger partial charge in [-0.25, -0.2) is 0 Å². The minimum Gasteiger partial charge on any atom is -0.507 e. The average Bonchev–Trinajstić information content (AvgIpc) is 3.02. The van der Waals surface area contributed by atoms with Gasteiger partial charge < -0.3 is 24.4 Å². The summed E-state index contributed by atoms with van der Waals surface area (Å²) in [7, 11) is 6.78. The highest BCUT2D eigenvalue weighted by Crippen LogP contribution is 2.40. The van der Waals surface area contributed by atoms with Crippen LogP contribution in [-0.2, 0) is 9.59 Å². The summed E-state index contributed by atoms with van der Waals surface area (Å²) >= 11 is 6.09. The summed E-state index contributed by atoms with van der Waals surface area (Å²) in [4.78, 5) is 29.3. The van der Waals surface area contributed by atoms with Gasteiger partial charge in [-0.1, -0.05) is 23.7 Å². The van der Waals surface area contributed by atoms with E-state index in [1.165, 1.54) is 18.1 Å². The van der Waals surface area contributed by atoms with Crippen molar-refractivity contribution in [3.63, 3.8) is 0 Å². The first kappa shape index (κ1) is 22.7. The first-order valence-electron chi connectivity index (χ1n) is 9.69. The number of aliphatic hydroxyl groups is 1. The summed E-state index contributed by atoms with van der Waals surface area (Å²) < 4.78 is 10.5. The maximum Gasteiger partial charge on any atom is 0.295 e. The topological polar surface area (TPSA) is 79.3 Å². The summed E-state index contributed by atoms with van der Waals surface area (Å²) in [5.41, 5.74) is 1.01. The molecule has 1 heterocycles. The van der Waals surface area contributed by atoms with E-state index in [1.54, 1.807) is 43.5 Å². The van der Waals surface area contributed by atoms with Crippen molar-refractivity contribution in [2.75, 3.05) is 41.4 Å². The molecule has 0 aromatic heterocycles. The predicted octanol–water partition coefficient (Wildman–Crippen LogP) is 3.34. The number of carbonyl (C=O) groups excluding carboxylic acids is 2. The van der Waals surface area contributed by atoms with Crippen molar-refractivity contribution in [3.05, 3.63) is 64.2 Å². The number of ether oxygens (including phenoxy) is 2. The number of likely N-dealkylation sites (N-methyl/N-ethyl adjacent to an activating group) is 1. The largest absolute Gasteiger partial charge is 0.507 e. The Kier molecular flexibility index (Phi) is 6.87. The van der Waals surface area contributed by atoms with Crippen molar-refractivity contribution in [1.29, 1.82) is 0 Å². The summed E-state index contributed by atoms with van der Waals surface area (Å²) in [5, 5.41) is 11.5. The molecular weight excluding hydrogens is 420 g/mol. The van der Waals surface area contributed by atoms with Gasteiger partial charge in [0.25, 0.3) is 11.7 Å². The number of rotatable bonds is 7. The second-order valence-corrected chi connectivity index (χ2v) is 7.83. The molecule has 1 unspecified atom stereocenters. The Morgan fingerprint density at radius 1 is 1.13 bits per heavy atom. The molecule has 0 radical (unpaired) electrons. The standard InChI is InChI=1S/C23H25ClN2O5/c1-25(2)10-11-26-20(14-6-5-7-16(12-14)30-3)19(22(28)23(26)29)21(27)15-8-9-17(24)18(13-15)31-4/h5-9,12-13,20,27H,10-11H2,1-4H3/b21-19-. The molecule has 0 spiro atoms. The third kappa shape index (κ3) is 4.52. The second kappa shape index (κ2) is 9.41. The lowest BCUT2D eigenvalue weighted by Crippen LogP contribution is -2.35. The maximum atomic E-state index is 13.0. The van der Waals surface area contributed by atoms with E-state index in [2.05, 4.69) is 0 Å². The van der Waals surface area contributed by atoms with Gasteiger partial charge in [-0.2, -0.15) is 0 Å². The lowest BCUT2D eigenvalue weighted by molar-refractivity contribution is -0.140. The Labute approximate surface area is 186 Å². The molecule has 1 atom stereocenters. The first-order valence-corrected chi connectivity index (χ1v) is 10.1. The van der Waals surface area contributed by atoms with Gasteiger partial charge in [-0.05, 0) is 50.0 Å². The molecule has 1 aliphatic rings. The van der Waals surface area contributed by atoms with Crippen LogP contribution in [0.5, 0.6) is 11.5 Å². The molecule has 8 heteroatoms. The van der Waals surface area contributed by atoms with E-state index in [4.69, 9.17) is 21.1 Å². The number of nitrogens with zero attached hydrogens (tertiary/aromatic N) is 2. The van der Waals surface area contributed by atoms with Crippen LogP contribution in [0.4, 0.5) is 0 Å². The number of halogens is 1. The highest BCUT2D eigenvalue weighted by atomic mass is 35.5. The zero-order valence-corrected chi connectivity index (χ0v) is 18.6. The van der Waals surface area contributed by atoms with Crippen LogP contribution in [0.15, 0.2) is 48.0 Å². The Hall–Kier alpha value is -3.03. The second-order valence-electron chi connectivity index (χ2n) is 7.42. The molecule has 0 saturated carbocycles. The molecule has 1 fully saturated rings. The Bertz CT molecular complexity index is 1030. The van der Waals surface area contributed by atoms with Crippen molar-refractivity contribution in [2.24, 2.45) is 0 Å². The van der Waals surface area contributed by atoms with Crippen LogP contribution in [0.3, 0.4) is 0 Å². The van der Waals surface area contributed by atoms with Gasteiger partial charge in [-0.15, -0.1) is 0 Å². The minimum absolute atomic E-state index is 0.0152. The van der Waals surface area contributed by atoms with E-state index in [0.29, 0.717) is 40.7 Å². The quantitative estimate of drug-likeness (QED) is 0.401. The number of likely N-dealkylation sites (tertiary alicyclic amines) is 1. The molecule has 1 N–H and O–H groups in total. The summed E-state index contributed by atoms with van der Waals surface area (Å²) in [6.45, 7) is 0.877. The number of benzene rings is 2. The molecular formula is C23H25ClN2O5. The first-order chi connectivity index (χ1) is 14.8. The van der Waals surface area contributed by atoms with E-state index >= 15 is 0 Å². The van der Waals surface area contributed by atoms with Crippen LogP contribution in [0.25, 0.3) is 5.76 Å². The van der Waals surface area contributed by atoms with Crippen molar-refractivity contribution >= 4 is 29.1 Å². The van der Waals surface area contributed by atoms with Crippen molar-refractivity contribution in [3.8, 4) is 11.5 Å². The summed E-state index contributed by atoms with van der Waals surface area (Å²) in [6, 6.07) is 11.1. The normalized spacial score (nSPS) is 18.0. The Morgan fingerprint density at radius 2 is 1.87 bits per heavy atom. The molecule has 2 aromatic rings. The van der Waals surface area contributed by atoms with E-state index in [9.17, 15) is 14.7 Å². The molecule has 0 bridgehead atoms. The lowest BCUT2D eigenvalue weighted by atomic mass is 9.95. The minimum atomic E-state index is -0.753. The van der Waals surface area contributed by atoms with Crippen LogP contribution in [-0.4, -0.2) is 68.0 Å². The molecule has 1 aliphatic heterocycles. The number of methoxy groups -OCH3 is 2. The molecule has 2 aromatic carbocycles. The lowest BCUT2D eigenvalue weighted by Gasteiger charge is -2.26. The van der Waals surface area contributed by atoms with Crippen LogP contribution < -0.4 is 9.47 Å². The fourth-order valence-corrected chi connectivity index (χ4v) is 3.73. The molecule has 3 rings (SSSR count). The number of hydrogen-bond donors (Lipinski definition) is 1. The monoisotopic (exact) mass is 444 g/mol. The van der Waals surface area contributed by atoms with Gasteiger partial charge in [0.15, 0.2) is 0 Å². The van der Waals surface area contributed by atoms with E-state index < -0.39 is 17.7 Å². The van der Waals surface area contributed by atoms with Gasteiger partial charge >= 0.3 is 0 Å². The van der Waals surface area contributed by atoms with Crippen molar-refractivity contribution < 1.29 is 24.2 Å². The zero-order valence-electron chi connectivity index (χ0n) is 17.9. The smallest absolute Gasteiger partial charge is 0.295 e. The summed E-state index contributed by atoms with van der Waals surface area (Å²) in [6.07, 6.45) is 0. The number of hydrogen-bond acceptors (Lipinski definition) is 6. The SMILES string of the molecule is COc1cccc(C2/C(=C(/O)c3ccc(Cl)c(OC)c3)C(=O)C(=O)N2CCN(C)C)c1. The highest BCUT2D eigenvalue weighted by molar-refractivity contribution is 6.46. The van der Waals surface area contributed by atoms with Crippen LogP contribution in [0, 0.1) is 0 Å². The van der Waals surface area contributed by atoms with E-state index in [-0.39, 0.29) is 11.3 Å². The van der Waals surface area contributed by atoms with Gasteiger partial charge in [0.1, 0.15) is 17.3 Å². The van der Waals surface area contributed by atoms with Gasteiger partial charge in [0, 0.05) is 18.7 Å². The number of amides is 1. The molecule has 164 valence electrons. The van der Waals surface area contributed by atoms with Crippen LogP contribution in [0.1, 0.15) is 17.2 Å². The third-order valence-corrected chi connectivity index (χ3v) is 5.47. The predicted molar refractivity (Wildman–Crippen MR) is 119 cm³/mol. The molecule has 1 saturated heterocycles. The van der Waals surface area contributed by atoms with Gasteiger partial charge in [-0.3, -0.25) is 9.59 Å². The highest BCUT2D eigenvalue weighted by Gasteiger charge is 2.46. The number of ketones is 1. The fourth-order valence-electron chi connectivity index (χ4n) is 3.54. The van der Waals surface area contributed by atoms with E-state index in [1.807, 2.05) is 19.0 Å². The number of carbonyl (C=O) groups is 2. The number of Topliss-reactive ketones (excluding diaryl/α,β-unsaturated/α-hetero) is 1. The molecule has 7 nitrogen and oxygen atoms in total. The summed E-state index contributed by atoms with van der Waals surface area (Å²) in [5.74, 6) is -0.738. The third-order valence-electron chi connectivity index (χ3n) is 5.16. The zero-order chi connectivity index (χ0) is 22.7. The average molecular weight is 445 g/mol. The fraction of sp³-hybridized carbons (Fsp3) is 0.304. The van der Waals surface area contributed by atoms with E-state index in [0.717, 1.165) is 0 Å². The van der Waals surface area contributed by atoms with Gasteiger partial charge in [0.2, 0.25) is 0 Å². The Morgan fingerprint density at radius 3 is 2.52 bits per heavy atom.